The number of benzene rings is 2. The molecule has 25 heavy (non-hydrogen) atoms. The zero-order chi connectivity index (χ0) is 18.0. The summed E-state index contributed by atoms with van der Waals surface area (Å²) in [5, 5.41) is 0. The van der Waals surface area contributed by atoms with Crippen LogP contribution in [0.25, 0.3) is 11.0 Å². The average molecular weight is 380 g/mol. The molecule has 0 aliphatic carbocycles. The number of nitrogens with zero attached hydrogens (tertiary/aromatic N) is 3. The lowest BCUT2D eigenvalue weighted by Gasteiger charge is -2.25. The SMILES string of the molecule is CN(C)C(CNS(=O)(=O)c1cccc2nsnc12)c1cccc(F)c1. The third kappa shape index (κ3) is 3.84. The normalized spacial score (nSPS) is 13.4. The van der Waals surface area contributed by atoms with Gasteiger partial charge in [0, 0.05) is 12.6 Å². The van der Waals surface area contributed by atoms with Crippen molar-refractivity contribution in [1.82, 2.24) is 18.4 Å². The number of hydrogen-bond acceptors (Lipinski definition) is 6. The predicted octanol–water partition coefficient (Wildman–Crippen LogP) is 2.41. The molecule has 0 fully saturated rings. The van der Waals surface area contributed by atoms with Crippen LogP contribution in [0.4, 0.5) is 4.39 Å². The third-order valence-corrected chi connectivity index (χ3v) is 5.86. The van der Waals surface area contributed by atoms with Gasteiger partial charge in [-0.2, -0.15) is 8.75 Å². The van der Waals surface area contributed by atoms with Crippen LogP contribution in [0.5, 0.6) is 0 Å². The van der Waals surface area contributed by atoms with Gasteiger partial charge in [-0.15, -0.1) is 0 Å². The third-order valence-electron chi connectivity index (χ3n) is 3.86. The first-order valence-corrected chi connectivity index (χ1v) is 9.72. The highest BCUT2D eigenvalue weighted by molar-refractivity contribution is 7.89. The second kappa shape index (κ2) is 7.12. The Bertz CT molecular complexity index is 988. The summed E-state index contributed by atoms with van der Waals surface area (Å²) in [6, 6.07) is 10.7. The second-order valence-corrected chi connectivity index (χ2v) is 8.04. The van der Waals surface area contributed by atoms with Crippen molar-refractivity contribution in [2.45, 2.75) is 10.9 Å². The van der Waals surface area contributed by atoms with Gasteiger partial charge in [0.05, 0.1) is 11.7 Å². The van der Waals surface area contributed by atoms with E-state index in [1.807, 2.05) is 19.0 Å². The summed E-state index contributed by atoms with van der Waals surface area (Å²) in [7, 11) is -0.141. The first kappa shape index (κ1) is 17.9. The van der Waals surface area contributed by atoms with E-state index in [4.69, 9.17) is 0 Å². The van der Waals surface area contributed by atoms with Crippen molar-refractivity contribution in [3.8, 4) is 0 Å². The van der Waals surface area contributed by atoms with E-state index in [0.29, 0.717) is 16.6 Å². The van der Waals surface area contributed by atoms with Gasteiger partial charge in [0.2, 0.25) is 10.0 Å². The Morgan fingerprint density at radius 1 is 1.20 bits per heavy atom. The molecule has 0 aliphatic rings. The maximum absolute atomic E-state index is 13.5. The maximum atomic E-state index is 13.5. The molecular formula is C16H17FN4O2S2. The largest absolute Gasteiger partial charge is 0.301 e. The first-order valence-electron chi connectivity index (χ1n) is 7.51. The zero-order valence-electron chi connectivity index (χ0n) is 13.7. The summed E-state index contributed by atoms with van der Waals surface area (Å²) >= 11 is 0.969. The molecule has 1 atom stereocenters. The molecule has 9 heteroatoms. The van der Waals surface area contributed by atoms with Gasteiger partial charge in [-0.05, 0) is 43.9 Å². The van der Waals surface area contributed by atoms with Crippen LogP contribution in [0.2, 0.25) is 0 Å². The molecule has 2 aromatic carbocycles. The van der Waals surface area contributed by atoms with Gasteiger partial charge in [0.15, 0.2) is 0 Å². The van der Waals surface area contributed by atoms with E-state index in [1.54, 1.807) is 24.3 Å². The Morgan fingerprint density at radius 2 is 1.96 bits per heavy atom. The van der Waals surface area contributed by atoms with Crippen LogP contribution in [-0.2, 0) is 10.0 Å². The van der Waals surface area contributed by atoms with Crippen LogP contribution in [0.15, 0.2) is 47.4 Å². The Balaban J connectivity index is 1.86. The first-order chi connectivity index (χ1) is 11.9. The van der Waals surface area contributed by atoms with Crippen LogP contribution >= 0.6 is 11.7 Å². The molecule has 0 aliphatic heterocycles. The molecule has 1 aromatic heterocycles. The fraction of sp³-hybridized carbons (Fsp3) is 0.250. The highest BCUT2D eigenvalue weighted by atomic mass is 32.2. The van der Waals surface area contributed by atoms with Crippen LogP contribution < -0.4 is 4.72 Å². The summed E-state index contributed by atoms with van der Waals surface area (Å²) in [4.78, 5) is 1.93. The molecule has 1 heterocycles. The topological polar surface area (TPSA) is 75.2 Å². The smallest absolute Gasteiger partial charge is 0.242 e. The van der Waals surface area contributed by atoms with Crippen LogP contribution in [0.1, 0.15) is 11.6 Å². The highest BCUT2D eigenvalue weighted by Gasteiger charge is 2.22. The molecule has 0 saturated heterocycles. The van der Waals surface area contributed by atoms with Crippen molar-refractivity contribution in [3.63, 3.8) is 0 Å². The number of rotatable bonds is 6. The molecule has 0 bridgehead atoms. The summed E-state index contributed by atoms with van der Waals surface area (Å²) < 4.78 is 49.6. The minimum absolute atomic E-state index is 0.0931. The lowest BCUT2D eigenvalue weighted by Crippen LogP contribution is -2.34. The quantitative estimate of drug-likeness (QED) is 0.711. The number of halogens is 1. The van der Waals surface area contributed by atoms with Crippen molar-refractivity contribution in [1.29, 1.82) is 0 Å². The fourth-order valence-corrected chi connectivity index (χ4v) is 4.38. The molecule has 132 valence electrons. The van der Waals surface area contributed by atoms with Gasteiger partial charge >= 0.3 is 0 Å². The molecule has 1 unspecified atom stereocenters. The molecule has 0 amide bonds. The molecule has 3 rings (SSSR count). The number of nitrogens with one attached hydrogen (secondary N) is 1. The van der Waals surface area contributed by atoms with Crippen molar-refractivity contribution in [3.05, 3.63) is 53.8 Å². The summed E-state index contributed by atoms with van der Waals surface area (Å²) in [5.74, 6) is -0.356. The second-order valence-electron chi connectivity index (χ2n) is 5.77. The van der Waals surface area contributed by atoms with Crippen molar-refractivity contribution in [2.24, 2.45) is 0 Å². The van der Waals surface area contributed by atoms with E-state index in [1.165, 1.54) is 18.2 Å². The van der Waals surface area contributed by atoms with Crippen LogP contribution in [-0.4, -0.2) is 42.7 Å². The van der Waals surface area contributed by atoms with Gasteiger partial charge in [0.1, 0.15) is 21.7 Å². The Morgan fingerprint density at radius 3 is 2.68 bits per heavy atom. The Labute approximate surface area is 149 Å². The Kier molecular flexibility index (Phi) is 5.09. The van der Waals surface area contributed by atoms with E-state index in [9.17, 15) is 12.8 Å². The standard InChI is InChI=1S/C16H17FN4O2S2/c1-21(2)14(11-5-3-6-12(17)9-11)10-18-25(22,23)15-8-4-7-13-16(15)20-24-19-13/h3-9,14,18H,10H2,1-2H3. The van der Waals surface area contributed by atoms with Gasteiger partial charge < -0.3 is 4.90 Å². The summed E-state index contributed by atoms with van der Waals surface area (Å²) in [5.41, 5.74) is 1.59. The van der Waals surface area contributed by atoms with E-state index in [-0.39, 0.29) is 23.3 Å². The van der Waals surface area contributed by atoms with Crippen molar-refractivity contribution in [2.75, 3.05) is 20.6 Å². The predicted molar refractivity (Wildman–Crippen MR) is 95.4 cm³/mol. The minimum Gasteiger partial charge on any atom is -0.301 e. The van der Waals surface area contributed by atoms with Crippen molar-refractivity contribution < 1.29 is 12.8 Å². The lowest BCUT2D eigenvalue weighted by atomic mass is 10.1. The zero-order valence-corrected chi connectivity index (χ0v) is 15.3. The van der Waals surface area contributed by atoms with E-state index < -0.39 is 10.0 Å². The molecule has 1 N–H and O–H groups in total. The highest BCUT2D eigenvalue weighted by Crippen LogP contribution is 2.23. The number of sulfonamides is 1. The number of fused-ring (bicyclic) bond motifs is 1. The van der Waals surface area contributed by atoms with Crippen LogP contribution in [0.3, 0.4) is 0 Å². The van der Waals surface area contributed by atoms with Gasteiger partial charge in [-0.25, -0.2) is 17.5 Å². The number of hydrogen-bond donors (Lipinski definition) is 1. The molecular weight excluding hydrogens is 363 g/mol. The number of likely N-dealkylation sites (N-methyl/N-ethyl adjacent to an activating group) is 1. The molecule has 0 radical (unpaired) electrons. The minimum atomic E-state index is -3.77. The van der Waals surface area contributed by atoms with E-state index in [2.05, 4.69) is 13.5 Å². The lowest BCUT2D eigenvalue weighted by molar-refractivity contribution is 0.299. The number of aromatic nitrogens is 2. The Hall–Kier alpha value is -1.94. The van der Waals surface area contributed by atoms with Crippen LogP contribution in [0, 0.1) is 5.82 Å². The van der Waals surface area contributed by atoms with E-state index in [0.717, 1.165) is 11.7 Å². The van der Waals surface area contributed by atoms with Crippen molar-refractivity contribution >= 4 is 32.8 Å². The van der Waals surface area contributed by atoms with Gasteiger partial charge in [0.25, 0.3) is 0 Å². The maximum Gasteiger partial charge on any atom is 0.242 e. The molecule has 3 aromatic rings. The van der Waals surface area contributed by atoms with Gasteiger partial charge in [-0.1, -0.05) is 18.2 Å². The fourth-order valence-electron chi connectivity index (χ4n) is 2.58. The van der Waals surface area contributed by atoms with E-state index >= 15 is 0 Å². The summed E-state index contributed by atoms with van der Waals surface area (Å²) in [6.07, 6.45) is 0. The molecule has 6 nitrogen and oxygen atoms in total. The summed E-state index contributed by atoms with van der Waals surface area (Å²) in [6.45, 7) is 0.104. The van der Waals surface area contributed by atoms with Gasteiger partial charge in [-0.3, -0.25) is 0 Å². The molecule has 0 spiro atoms. The average Bonchev–Trinajstić information content (AvgIpc) is 3.03. The molecule has 0 saturated carbocycles. The monoisotopic (exact) mass is 380 g/mol.